The highest BCUT2D eigenvalue weighted by Gasteiger charge is 2.42. The largest absolute Gasteiger partial charge is 0.392 e. The molecule has 2 rings (SSSR count). The average Bonchev–Trinajstić information content (AvgIpc) is 2.47. The zero-order valence-corrected chi connectivity index (χ0v) is 13.8. The van der Waals surface area contributed by atoms with Gasteiger partial charge < -0.3 is 11.1 Å². The molecule has 0 spiro atoms. The van der Waals surface area contributed by atoms with Gasteiger partial charge in [0.1, 0.15) is 0 Å². The molecule has 1 aliphatic rings. The van der Waals surface area contributed by atoms with E-state index in [2.05, 4.69) is 5.32 Å². The van der Waals surface area contributed by atoms with Crippen molar-refractivity contribution in [3.8, 4) is 0 Å². The summed E-state index contributed by atoms with van der Waals surface area (Å²) in [6.45, 7) is 1.94. The maximum absolute atomic E-state index is 12.7. The van der Waals surface area contributed by atoms with Crippen molar-refractivity contribution in [2.24, 2.45) is 11.1 Å². The quantitative estimate of drug-likeness (QED) is 0.829. The Balaban J connectivity index is 2.13. The van der Waals surface area contributed by atoms with E-state index < -0.39 is 5.41 Å². The molecule has 1 saturated carbocycles. The molecule has 1 unspecified atom stereocenters. The van der Waals surface area contributed by atoms with Gasteiger partial charge in [-0.25, -0.2) is 0 Å². The first kappa shape index (κ1) is 16.2. The average molecular weight is 325 g/mol. The van der Waals surface area contributed by atoms with E-state index in [4.69, 9.17) is 29.6 Å². The van der Waals surface area contributed by atoms with Crippen LogP contribution in [0.1, 0.15) is 50.6 Å². The van der Waals surface area contributed by atoms with Crippen LogP contribution in [-0.2, 0) is 4.79 Å². The number of carbonyl (C=O) groups is 1. The van der Waals surface area contributed by atoms with Crippen LogP contribution in [0.5, 0.6) is 0 Å². The lowest BCUT2D eigenvalue weighted by molar-refractivity contribution is -0.129. The van der Waals surface area contributed by atoms with E-state index in [1.165, 1.54) is 0 Å². The molecule has 1 aromatic rings. The van der Waals surface area contributed by atoms with E-state index in [1.807, 2.05) is 31.2 Å². The van der Waals surface area contributed by atoms with E-state index in [0.29, 0.717) is 10.0 Å². The highest BCUT2D eigenvalue weighted by molar-refractivity contribution is 7.80. The Morgan fingerprint density at radius 3 is 2.62 bits per heavy atom. The zero-order valence-electron chi connectivity index (χ0n) is 12.2. The fourth-order valence-corrected chi connectivity index (χ4v) is 3.43. The molecule has 114 valence electrons. The number of nitrogens with two attached hydrogens (primary N) is 1. The lowest BCUT2D eigenvalue weighted by Gasteiger charge is -2.35. The number of nitrogens with one attached hydrogen (secondary N) is 1. The number of thiocarbonyl (C=S) groups is 1. The summed E-state index contributed by atoms with van der Waals surface area (Å²) in [7, 11) is 0. The second kappa shape index (κ2) is 6.75. The Hall–Kier alpha value is -1.13. The van der Waals surface area contributed by atoms with Crippen molar-refractivity contribution in [3.63, 3.8) is 0 Å². The summed E-state index contributed by atoms with van der Waals surface area (Å²) in [4.78, 5) is 13.0. The number of rotatable bonds is 4. The first-order valence-electron chi connectivity index (χ1n) is 7.32. The van der Waals surface area contributed by atoms with Gasteiger partial charge in [0.05, 0.1) is 16.4 Å². The molecule has 3 nitrogen and oxygen atoms in total. The summed E-state index contributed by atoms with van der Waals surface area (Å²) in [6.07, 6.45) is 4.63. The van der Waals surface area contributed by atoms with Crippen molar-refractivity contribution in [2.75, 3.05) is 0 Å². The normalized spacial score (nSPS) is 18.8. The molecular weight excluding hydrogens is 304 g/mol. The molecule has 3 N–H and O–H groups in total. The van der Waals surface area contributed by atoms with Gasteiger partial charge in [-0.2, -0.15) is 0 Å². The maximum Gasteiger partial charge on any atom is 0.233 e. The van der Waals surface area contributed by atoms with Crippen molar-refractivity contribution in [1.82, 2.24) is 5.32 Å². The minimum atomic E-state index is -0.680. The van der Waals surface area contributed by atoms with E-state index in [9.17, 15) is 4.79 Å². The molecule has 0 bridgehead atoms. The topological polar surface area (TPSA) is 55.1 Å². The Labute approximate surface area is 136 Å². The van der Waals surface area contributed by atoms with Crippen LogP contribution in [0.15, 0.2) is 24.3 Å². The summed E-state index contributed by atoms with van der Waals surface area (Å²) in [5, 5.41) is 3.71. The molecule has 1 fully saturated rings. The molecule has 0 radical (unpaired) electrons. The molecule has 5 heteroatoms. The number of halogens is 1. The second-order valence-corrected chi connectivity index (χ2v) is 6.63. The molecule has 1 aromatic carbocycles. The van der Waals surface area contributed by atoms with Crippen LogP contribution >= 0.6 is 23.8 Å². The minimum Gasteiger partial charge on any atom is -0.392 e. The highest BCUT2D eigenvalue weighted by Crippen LogP contribution is 2.37. The Kier molecular flexibility index (Phi) is 5.22. The van der Waals surface area contributed by atoms with E-state index in [1.54, 1.807) is 0 Å². The van der Waals surface area contributed by atoms with Crippen LogP contribution in [0.25, 0.3) is 0 Å². The third kappa shape index (κ3) is 3.55. The van der Waals surface area contributed by atoms with Crippen molar-refractivity contribution in [3.05, 3.63) is 34.9 Å². The van der Waals surface area contributed by atoms with E-state index in [0.717, 1.165) is 37.7 Å². The van der Waals surface area contributed by atoms with Gasteiger partial charge in [0.25, 0.3) is 0 Å². The minimum absolute atomic E-state index is 0.0535. The molecule has 21 heavy (non-hydrogen) atoms. The summed E-state index contributed by atoms with van der Waals surface area (Å²) in [5.41, 5.74) is 6.19. The number of amides is 1. The third-order valence-electron chi connectivity index (χ3n) is 4.31. The van der Waals surface area contributed by atoms with Crippen molar-refractivity contribution < 1.29 is 4.79 Å². The Morgan fingerprint density at radius 2 is 2.05 bits per heavy atom. The highest BCUT2D eigenvalue weighted by atomic mass is 35.5. The summed E-state index contributed by atoms with van der Waals surface area (Å²) >= 11 is 11.2. The molecule has 0 saturated heterocycles. The number of hydrogen-bond donors (Lipinski definition) is 2. The van der Waals surface area contributed by atoms with Crippen LogP contribution in [0, 0.1) is 5.41 Å². The Morgan fingerprint density at radius 1 is 1.38 bits per heavy atom. The van der Waals surface area contributed by atoms with Gasteiger partial charge in [-0.05, 0) is 37.5 Å². The molecule has 1 aliphatic carbocycles. The van der Waals surface area contributed by atoms with Gasteiger partial charge in [0.2, 0.25) is 5.91 Å². The third-order valence-corrected chi connectivity index (χ3v) is 4.94. The number of hydrogen-bond acceptors (Lipinski definition) is 2. The number of carbonyl (C=O) groups excluding carboxylic acids is 1. The monoisotopic (exact) mass is 324 g/mol. The fourth-order valence-electron chi connectivity index (χ4n) is 2.93. The molecule has 1 atom stereocenters. The summed E-state index contributed by atoms with van der Waals surface area (Å²) < 4.78 is 0. The predicted molar refractivity (Wildman–Crippen MR) is 90.3 cm³/mol. The van der Waals surface area contributed by atoms with Crippen molar-refractivity contribution in [1.29, 1.82) is 0 Å². The lowest BCUT2D eigenvalue weighted by Crippen LogP contribution is -2.50. The van der Waals surface area contributed by atoms with Crippen LogP contribution in [0.2, 0.25) is 5.02 Å². The van der Waals surface area contributed by atoms with Crippen molar-refractivity contribution in [2.45, 2.75) is 45.1 Å². The van der Waals surface area contributed by atoms with Gasteiger partial charge in [-0.15, -0.1) is 0 Å². The van der Waals surface area contributed by atoms with E-state index in [-0.39, 0.29) is 11.9 Å². The summed E-state index contributed by atoms with van der Waals surface area (Å²) in [6, 6.07) is 7.39. The van der Waals surface area contributed by atoms with Crippen LogP contribution in [0.3, 0.4) is 0 Å². The smallest absolute Gasteiger partial charge is 0.233 e. The number of benzene rings is 1. The van der Waals surface area contributed by atoms with Gasteiger partial charge in [-0.3, -0.25) is 4.79 Å². The first-order valence-corrected chi connectivity index (χ1v) is 8.11. The standard InChI is InChI=1S/C16H21ClN2OS/c1-11(12-6-5-7-13(17)10-12)19-15(20)16(14(18)21)8-3-2-4-9-16/h5-7,10-11H,2-4,8-9H2,1H3,(H2,18,21)(H,19,20). The zero-order chi connectivity index (χ0) is 15.5. The lowest BCUT2D eigenvalue weighted by atomic mass is 9.73. The van der Waals surface area contributed by atoms with E-state index >= 15 is 0 Å². The van der Waals surface area contributed by atoms with Crippen molar-refractivity contribution >= 4 is 34.7 Å². The van der Waals surface area contributed by atoms with Crippen LogP contribution in [0.4, 0.5) is 0 Å². The molecule has 1 amide bonds. The maximum atomic E-state index is 12.7. The molecular formula is C16H21ClN2OS. The van der Waals surface area contributed by atoms with Gasteiger partial charge >= 0.3 is 0 Å². The predicted octanol–water partition coefficient (Wildman–Crippen LogP) is 3.75. The SMILES string of the molecule is CC(NC(=O)C1(C(N)=S)CCCCC1)c1cccc(Cl)c1. The van der Waals surface area contributed by atoms with Crippen LogP contribution in [-0.4, -0.2) is 10.9 Å². The second-order valence-electron chi connectivity index (χ2n) is 5.76. The summed E-state index contributed by atoms with van der Waals surface area (Å²) in [5.74, 6) is -0.0535. The molecule has 0 aromatic heterocycles. The molecule has 0 heterocycles. The van der Waals surface area contributed by atoms with Crippen LogP contribution < -0.4 is 11.1 Å². The van der Waals surface area contributed by atoms with Gasteiger partial charge in [0, 0.05) is 5.02 Å². The Bertz CT molecular complexity index is 541. The first-order chi connectivity index (χ1) is 9.95. The molecule has 0 aliphatic heterocycles. The fraction of sp³-hybridized carbons (Fsp3) is 0.500. The van der Waals surface area contributed by atoms with Gasteiger partial charge in [0.15, 0.2) is 0 Å². The van der Waals surface area contributed by atoms with Gasteiger partial charge in [-0.1, -0.05) is 55.2 Å².